The first-order chi connectivity index (χ1) is 6.31. The van der Waals surface area contributed by atoms with Crippen molar-refractivity contribution in [2.45, 2.75) is 26.7 Å². The third kappa shape index (κ3) is 9.14. The van der Waals surface area contributed by atoms with Crippen molar-refractivity contribution in [3.8, 4) is 0 Å². The second-order valence-electron chi connectivity index (χ2n) is 2.89. The van der Waals surface area contributed by atoms with Crippen LogP contribution in [0.25, 0.3) is 0 Å². The van der Waals surface area contributed by atoms with Gasteiger partial charge in [-0.3, -0.25) is 0 Å². The topological polar surface area (TPSA) is 53.2 Å². The van der Waals surface area contributed by atoms with Crippen molar-refractivity contribution in [3.05, 3.63) is 0 Å². The molecule has 0 aliphatic rings. The molecule has 0 rings (SSSR count). The first kappa shape index (κ1) is 12.2. The van der Waals surface area contributed by atoms with Crippen molar-refractivity contribution in [1.29, 1.82) is 0 Å². The molecular weight excluding hydrogens is 166 g/mol. The highest BCUT2D eigenvalue weighted by molar-refractivity contribution is 5.73. The van der Waals surface area contributed by atoms with Crippen molar-refractivity contribution in [3.63, 3.8) is 0 Å². The van der Waals surface area contributed by atoms with E-state index in [4.69, 9.17) is 0 Å². The fourth-order valence-corrected chi connectivity index (χ4v) is 0.882. The summed E-state index contributed by atoms with van der Waals surface area (Å²) < 4.78 is 0. The molecule has 0 spiro atoms. The molecule has 0 fully saturated rings. The summed E-state index contributed by atoms with van der Waals surface area (Å²) in [6, 6.07) is -0.0636. The Morgan fingerprint density at radius 2 is 1.77 bits per heavy atom. The van der Waals surface area contributed by atoms with E-state index >= 15 is 0 Å². The van der Waals surface area contributed by atoms with Crippen LogP contribution in [0.2, 0.25) is 0 Å². The van der Waals surface area contributed by atoms with Gasteiger partial charge in [0.2, 0.25) is 0 Å². The van der Waals surface area contributed by atoms with Crippen LogP contribution in [0.15, 0.2) is 0 Å². The molecule has 4 nitrogen and oxygen atoms in total. The number of unbranched alkanes of at least 4 members (excludes halogenated alkanes) is 1. The van der Waals surface area contributed by atoms with Crippen molar-refractivity contribution in [2.24, 2.45) is 0 Å². The van der Waals surface area contributed by atoms with Crippen LogP contribution >= 0.6 is 0 Å². The summed E-state index contributed by atoms with van der Waals surface area (Å²) >= 11 is 0. The van der Waals surface area contributed by atoms with E-state index in [1.807, 2.05) is 6.92 Å². The van der Waals surface area contributed by atoms with Crippen LogP contribution in [0, 0.1) is 0 Å². The number of amides is 2. The molecule has 4 heteroatoms. The second kappa shape index (κ2) is 9.32. The van der Waals surface area contributed by atoms with E-state index < -0.39 is 0 Å². The summed E-state index contributed by atoms with van der Waals surface area (Å²) in [6.45, 7) is 7.37. The highest BCUT2D eigenvalue weighted by Crippen LogP contribution is 1.81. The predicted molar refractivity (Wildman–Crippen MR) is 54.9 cm³/mol. The van der Waals surface area contributed by atoms with Crippen LogP contribution in [-0.4, -0.2) is 32.2 Å². The molecule has 0 aliphatic carbocycles. The Labute approximate surface area is 80.5 Å². The average molecular weight is 187 g/mol. The zero-order chi connectivity index (χ0) is 9.94. The largest absolute Gasteiger partial charge is 0.338 e. The first-order valence-corrected chi connectivity index (χ1v) is 5.03. The summed E-state index contributed by atoms with van der Waals surface area (Å²) in [5.74, 6) is 0. The van der Waals surface area contributed by atoms with E-state index in [-0.39, 0.29) is 6.03 Å². The number of nitrogens with one attached hydrogen (secondary N) is 3. The van der Waals surface area contributed by atoms with Crippen LogP contribution < -0.4 is 16.0 Å². The zero-order valence-corrected chi connectivity index (χ0v) is 8.65. The van der Waals surface area contributed by atoms with E-state index in [1.165, 1.54) is 0 Å². The van der Waals surface area contributed by atoms with Crippen LogP contribution in [0.3, 0.4) is 0 Å². The predicted octanol–water partition coefficient (Wildman–Crippen LogP) is 0.695. The lowest BCUT2D eigenvalue weighted by Crippen LogP contribution is -2.39. The van der Waals surface area contributed by atoms with Gasteiger partial charge in [0, 0.05) is 19.6 Å². The lowest BCUT2D eigenvalue weighted by Gasteiger charge is -2.06. The molecule has 0 heterocycles. The zero-order valence-electron chi connectivity index (χ0n) is 8.65. The fraction of sp³-hybridized carbons (Fsp3) is 0.889. The molecule has 3 N–H and O–H groups in total. The lowest BCUT2D eigenvalue weighted by atomic mass is 10.3. The molecule has 0 saturated carbocycles. The minimum Gasteiger partial charge on any atom is -0.338 e. The molecule has 0 aliphatic heterocycles. The summed E-state index contributed by atoms with van der Waals surface area (Å²) in [6.07, 6.45) is 2.15. The van der Waals surface area contributed by atoms with E-state index in [1.54, 1.807) is 0 Å². The smallest absolute Gasteiger partial charge is 0.314 e. The van der Waals surface area contributed by atoms with Gasteiger partial charge in [-0.2, -0.15) is 0 Å². The third-order valence-electron chi connectivity index (χ3n) is 1.65. The standard InChI is InChI=1S/C9H21N3O/c1-3-5-6-11-9(13)12-8-7-10-4-2/h10H,3-8H2,1-2H3,(H2,11,12,13). The summed E-state index contributed by atoms with van der Waals surface area (Å²) in [7, 11) is 0. The van der Waals surface area contributed by atoms with Crippen LogP contribution in [0.5, 0.6) is 0 Å². The molecule has 0 atom stereocenters. The van der Waals surface area contributed by atoms with Gasteiger partial charge in [0.05, 0.1) is 0 Å². The normalized spacial score (nSPS) is 9.69. The molecule has 0 aromatic rings. The van der Waals surface area contributed by atoms with Gasteiger partial charge in [-0.25, -0.2) is 4.79 Å². The van der Waals surface area contributed by atoms with Crippen molar-refractivity contribution < 1.29 is 4.79 Å². The van der Waals surface area contributed by atoms with Gasteiger partial charge in [-0.15, -0.1) is 0 Å². The Morgan fingerprint density at radius 1 is 1.08 bits per heavy atom. The van der Waals surface area contributed by atoms with E-state index in [0.717, 1.165) is 32.5 Å². The second-order valence-corrected chi connectivity index (χ2v) is 2.89. The number of urea groups is 1. The number of rotatable bonds is 7. The minimum atomic E-state index is -0.0636. The monoisotopic (exact) mass is 187 g/mol. The molecular formula is C9H21N3O. The quantitative estimate of drug-likeness (QED) is 0.514. The van der Waals surface area contributed by atoms with Gasteiger partial charge in [0.25, 0.3) is 0 Å². The Morgan fingerprint density at radius 3 is 2.38 bits per heavy atom. The van der Waals surface area contributed by atoms with Crippen molar-refractivity contribution in [2.75, 3.05) is 26.2 Å². The summed E-state index contributed by atoms with van der Waals surface area (Å²) in [4.78, 5) is 11.0. The van der Waals surface area contributed by atoms with Gasteiger partial charge in [-0.1, -0.05) is 20.3 Å². The van der Waals surface area contributed by atoms with Crippen molar-refractivity contribution in [1.82, 2.24) is 16.0 Å². The number of hydrogen-bond acceptors (Lipinski definition) is 2. The number of carbonyl (C=O) groups excluding carboxylic acids is 1. The molecule has 0 aromatic heterocycles. The number of likely N-dealkylation sites (N-methyl/N-ethyl adjacent to an activating group) is 1. The lowest BCUT2D eigenvalue weighted by molar-refractivity contribution is 0.241. The number of hydrogen-bond donors (Lipinski definition) is 3. The molecule has 2 amide bonds. The maximum absolute atomic E-state index is 11.0. The molecule has 13 heavy (non-hydrogen) atoms. The van der Waals surface area contributed by atoms with Gasteiger partial charge in [0.15, 0.2) is 0 Å². The fourth-order valence-electron chi connectivity index (χ4n) is 0.882. The van der Waals surface area contributed by atoms with E-state index in [2.05, 4.69) is 22.9 Å². The molecule has 78 valence electrons. The number of carbonyl (C=O) groups is 1. The Kier molecular flexibility index (Phi) is 8.77. The van der Waals surface area contributed by atoms with Gasteiger partial charge >= 0.3 is 6.03 Å². The van der Waals surface area contributed by atoms with E-state index in [9.17, 15) is 4.79 Å². The Hall–Kier alpha value is -0.770. The Bertz CT molecular complexity index is 128. The van der Waals surface area contributed by atoms with Crippen LogP contribution in [0.4, 0.5) is 4.79 Å². The van der Waals surface area contributed by atoms with Gasteiger partial charge in [-0.05, 0) is 13.0 Å². The van der Waals surface area contributed by atoms with Gasteiger partial charge in [0.1, 0.15) is 0 Å². The third-order valence-corrected chi connectivity index (χ3v) is 1.65. The average Bonchev–Trinajstić information content (AvgIpc) is 2.13. The first-order valence-electron chi connectivity index (χ1n) is 5.03. The van der Waals surface area contributed by atoms with Crippen molar-refractivity contribution >= 4 is 6.03 Å². The minimum absolute atomic E-state index is 0.0636. The Balaban J connectivity index is 3.11. The molecule has 0 bridgehead atoms. The SMILES string of the molecule is CCCCNC(=O)NCCNCC. The van der Waals surface area contributed by atoms with Crippen LogP contribution in [-0.2, 0) is 0 Å². The molecule has 0 aromatic carbocycles. The molecule has 0 radical (unpaired) electrons. The molecule has 0 saturated heterocycles. The summed E-state index contributed by atoms with van der Waals surface area (Å²) in [5.41, 5.74) is 0. The van der Waals surface area contributed by atoms with Crippen LogP contribution in [0.1, 0.15) is 26.7 Å². The highest BCUT2D eigenvalue weighted by atomic mass is 16.2. The van der Waals surface area contributed by atoms with Gasteiger partial charge < -0.3 is 16.0 Å². The molecule has 0 unspecified atom stereocenters. The highest BCUT2D eigenvalue weighted by Gasteiger charge is 1.95. The van der Waals surface area contributed by atoms with E-state index in [0.29, 0.717) is 6.54 Å². The summed E-state index contributed by atoms with van der Waals surface area (Å²) in [5, 5.41) is 8.67. The maximum atomic E-state index is 11.0. The maximum Gasteiger partial charge on any atom is 0.314 e.